The monoisotopic (exact) mass is 209 g/mol. The first kappa shape index (κ1) is 9.71. The summed E-state index contributed by atoms with van der Waals surface area (Å²) in [5.41, 5.74) is 2.43. The first-order valence-electron chi connectivity index (χ1n) is 5.06. The van der Waals surface area contributed by atoms with Crippen LogP contribution in [-0.2, 0) is 17.4 Å². The van der Waals surface area contributed by atoms with Crippen molar-refractivity contribution < 1.29 is 4.21 Å². The molecule has 1 atom stereocenters. The number of aryl methyl sites for hydroxylation is 1. The molecule has 0 spiro atoms. The van der Waals surface area contributed by atoms with E-state index in [9.17, 15) is 4.21 Å². The van der Waals surface area contributed by atoms with Crippen LogP contribution >= 0.6 is 0 Å². The number of nitrogens with zero attached hydrogens (tertiary/aromatic N) is 1. The van der Waals surface area contributed by atoms with Gasteiger partial charge in [-0.3, -0.25) is 4.31 Å². The number of anilines is 1. The van der Waals surface area contributed by atoms with Gasteiger partial charge in [0.2, 0.25) is 0 Å². The number of hydrogen-bond donors (Lipinski definition) is 0. The zero-order valence-electron chi connectivity index (χ0n) is 8.40. The van der Waals surface area contributed by atoms with Crippen LogP contribution < -0.4 is 4.31 Å². The third-order valence-corrected chi connectivity index (χ3v) is 4.08. The lowest BCUT2D eigenvalue weighted by Gasteiger charge is -2.15. The van der Waals surface area contributed by atoms with E-state index in [0.717, 1.165) is 30.8 Å². The summed E-state index contributed by atoms with van der Waals surface area (Å²) in [4.78, 5) is 0. The fourth-order valence-corrected chi connectivity index (χ4v) is 2.97. The van der Waals surface area contributed by atoms with E-state index in [1.165, 1.54) is 5.56 Å². The molecule has 1 aromatic carbocycles. The largest absolute Gasteiger partial charge is 0.292 e. The summed E-state index contributed by atoms with van der Waals surface area (Å²) in [6.07, 6.45) is 2.10. The van der Waals surface area contributed by atoms with Gasteiger partial charge in [-0.1, -0.05) is 19.1 Å². The van der Waals surface area contributed by atoms with Crippen molar-refractivity contribution in [3.63, 3.8) is 0 Å². The molecule has 1 aliphatic heterocycles. The second kappa shape index (κ2) is 4.13. The Morgan fingerprint density at radius 3 is 2.57 bits per heavy atom. The Morgan fingerprint density at radius 2 is 2.07 bits per heavy atom. The lowest BCUT2D eigenvalue weighted by atomic mass is 10.1. The highest BCUT2D eigenvalue weighted by Gasteiger charge is 2.19. The molecule has 0 aromatic heterocycles. The van der Waals surface area contributed by atoms with E-state index in [1.807, 2.05) is 4.31 Å². The molecule has 1 saturated heterocycles. The molecule has 2 nitrogen and oxygen atoms in total. The van der Waals surface area contributed by atoms with E-state index < -0.39 is 11.0 Å². The highest BCUT2D eigenvalue weighted by atomic mass is 32.2. The van der Waals surface area contributed by atoms with Gasteiger partial charge in [0.1, 0.15) is 11.0 Å². The number of rotatable bonds is 2. The molecule has 1 fully saturated rings. The zero-order valence-corrected chi connectivity index (χ0v) is 9.22. The van der Waals surface area contributed by atoms with Gasteiger partial charge in [-0.25, -0.2) is 4.21 Å². The molecule has 76 valence electrons. The van der Waals surface area contributed by atoms with Crippen LogP contribution in [0.3, 0.4) is 0 Å². The van der Waals surface area contributed by atoms with E-state index >= 15 is 0 Å². The lowest BCUT2D eigenvalue weighted by molar-refractivity contribution is 0.685. The van der Waals surface area contributed by atoms with Gasteiger partial charge in [-0.15, -0.1) is 0 Å². The molecular weight excluding hydrogens is 194 g/mol. The van der Waals surface area contributed by atoms with E-state index in [1.54, 1.807) is 0 Å². The van der Waals surface area contributed by atoms with Crippen molar-refractivity contribution in [3.8, 4) is 0 Å². The normalized spacial score (nSPS) is 21.5. The van der Waals surface area contributed by atoms with Crippen molar-refractivity contribution in [2.75, 3.05) is 16.6 Å². The third-order valence-electron chi connectivity index (χ3n) is 2.56. The highest BCUT2D eigenvalue weighted by Crippen LogP contribution is 2.21. The fraction of sp³-hybridized carbons (Fsp3) is 0.455. The average Bonchev–Trinajstić information content (AvgIpc) is 2.65. The van der Waals surface area contributed by atoms with Crippen molar-refractivity contribution in [1.82, 2.24) is 0 Å². The number of hydrogen-bond acceptors (Lipinski definition) is 1. The zero-order chi connectivity index (χ0) is 9.97. The Labute approximate surface area is 87.5 Å². The molecule has 0 amide bonds. The average molecular weight is 209 g/mol. The van der Waals surface area contributed by atoms with Crippen molar-refractivity contribution >= 4 is 16.7 Å². The minimum Gasteiger partial charge on any atom is -0.292 e. The molecule has 0 aliphatic carbocycles. The van der Waals surface area contributed by atoms with Gasteiger partial charge in [0.05, 0.1) is 0 Å². The summed E-state index contributed by atoms with van der Waals surface area (Å²) in [6, 6.07) is 8.37. The van der Waals surface area contributed by atoms with Gasteiger partial charge in [0.25, 0.3) is 0 Å². The quantitative estimate of drug-likeness (QED) is 0.730. The van der Waals surface area contributed by atoms with Crippen LogP contribution in [0.1, 0.15) is 18.9 Å². The Bertz CT molecular complexity index is 334. The van der Waals surface area contributed by atoms with Crippen LogP contribution in [0, 0.1) is 0 Å². The second-order valence-corrected chi connectivity index (χ2v) is 4.99. The summed E-state index contributed by atoms with van der Waals surface area (Å²) in [5.74, 6) is 0.815. The lowest BCUT2D eigenvalue weighted by Crippen LogP contribution is -2.19. The molecule has 0 radical (unpaired) electrons. The molecule has 0 N–H and O–H groups in total. The molecule has 14 heavy (non-hydrogen) atoms. The first-order chi connectivity index (χ1) is 6.81. The molecule has 1 aromatic rings. The molecular formula is C11H15NOS. The fourth-order valence-electron chi connectivity index (χ4n) is 1.69. The van der Waals surface area contributed by atoms with Gasteiger partial charge in [-0.2, -0.15) is 0 Å². The standard InChI is InChI=1S/C11H15NOS/c1-2-10-4-6-11(7-5-10)12-8-3-9-14(12)13/h4-7H,2-3,8-9H2,1H3. The van der Waals surface area contributed by atoms with Crippen LogP contribution in [0.5, 0.6) is 0 Å². The summed E-state index contributed by atoms with van der Waals surface area (Å²) < 4.78 is 13.6. The van der Waals surface area contributed by atoms with Crippen molar-refractivity contribution in [2.24, 2.45) is 0 Å². The SMILES string of the molecule is CCc1ccc(N2CCCS2=O)cc1. The summed E-state index contributed by atoms with van der Waals surface area (Å²) in [6.45, 7) is 3.07. The molecule has 2 rings (SSSR count). The van der Waals surface area contributed by atoms with Gasteiger partial charge in [0, 0.05) is 18.0 Å². The van der Waals surface area contributed by atoms with E-state index in [0.29, 0.717) is 0 Å². The van der Waals surface area contributed by atoms with Crippen LogP contribution in [0.2, 0.25) is 0 Å². The minimum atomic E-state index is -0.787. The maximum atomic E-state index is 11.6. The topological polar surface area (TPSA) is 20.3 Å². The predicted molar refractivity (Wildman–Crippen MR) is 60.8 cm³/mol. The van der Waals surface area contributed by atoms with Gasteiger partial charge in [0.15, 0.2) is 0 Å². The smallest absolute Gasteiger partial charge is 0.119 e. The van der Waals surface area contributed by atoms with E-state index in [4.69, 9.17) is 0 Å². The van der Waals surface area contributed by atoms with Crippen LogP contribution in [0.15, 0.2) is 24.3 Å². The molecule has 3 heteroatoms. The highest BCUT2D eigenvalue weighted by molar-refractivity contribution is 7.86. The summed E-state index contributed by atoms with van der Waals surface area (Å²) in [7, 11) is -0.787. The van der Waals surface area contributed by atoms with E-state index in [-0.39, 0.29) is 0 Å². The van der Waals surface area contributed by atoms with Gasteiger partial charge in [-0.05, 0) is 30.5 Å². The van der Waals surface area contributed by atoms with Crippen LogP contribution in [-0.4, -0.2) is 16.5 Å². The Kier molecular flexibility index (Phi) is 2.87. The van der Waals surface area contributed by atoms with Crippen molar-refractivity contribution in [1.29, 1.82) is 0 Å². The molecule has 1 heterocycles. The Balaban J connectivity index is 2.20. The van der Waals surface area contributed by atoms with Gasteiger partial charge >= 0.3 is 0 Å². The molecule has 1 unspecified atom stereocenters. The summed E-state index contributed by atoms with van der Waals surface area (Å²) in [5, 5.41) is 0. The predicted octanol–water partition coefficient (Wildman–Crippen LogP) is 2.12. The summed E-state index contributed by atoms with van der Waals surface area (Å²) >= 11 is 0. The van der Waals surface area contributed by atoms with E-state index in [2.05, 4.69) is 31.2 Å². The maximum Gasteiger partial charge on any atom is 0.119 e. The van der Waals surface area contributed by atoms with Crippen LogP contribution in [0.25, 0.3) is 0 Å². The first-order valence-corrected chi connectivity index (χ1v) is 6.34. The van der Waals surface area contributed by atoms with Crippen molar-refractivity contribution in [3.05, 3.63) is 29.8 Å². The Hall–Kier alpha value is -0.830. The Morgan fingerprint density at radius 1 is 1.36 bits per heavy atom. The van der Waals surface area contributed by atoms with Crippen molar-refractivity contribution in [2.45, 2.75) is 19.8 Å². The molecule has 0 saturated carbocycles. The number of benzene rings is 1. The molecule has 0 bridgehead atoms. The second-order valence-electron chi connectivity index (χ2n) is 3.50. The third kappa shape index (κ3) is 1.82. The van der Waals surface area contributed by atoms with Crippen LogP contribution in [0.4, 0.5) is 5.69 Å². The minimum absolute atomic E-state index is 0.787. The maximum absolute atomic E-state index is 11.6. The molecule has 1 aliphatic rings. The van der Waals surface area contributed by atoms with Gasteiger partial charge < -0.3 is 0 Å².